The van der Waals surface area contributed by atoms with Crippen LogP contribution in [0.2, 0.25) is 0 Å². The second kappa shape index (κ2) is 7.30. The minimum absolute atomic E-state index is 0.298. The Balaban J connectivity index is 2.35. The summed E-state index contributed by atoms with van der Waals surface area (Å²) < 4.78 is 16.7. The van der Waals surface area contributed by atoms with E-state index in [0.29, 0.717) is 26.1 Å². The number of carbonyl (C=O) groups is 1. The van der Waals surface area contributed by atoms with E-state index in [1.54, 1.807) is 19.1 Å². The van der Waals surface area contributed by atoms with Crippen molar-refractivity contribution in [3.8, 4) is 11.5 Å². The van der Waals surface area contributed by atoms with Gasteiger partial charge >= 0.3 is 6.09 Å². The molecule has 0 radical (unpaired) electrons. The molecule has 0 atom stereocenters. The molecule has 0 spiro atoms. The van der Waals surface area contributed by atoms with Gasteiger partial charge in [-0.3, -0.25) is 0 Å². The summed E-state index contributed by atoms with van der Waals surface area (Å²) in [4.78, 5) is 14.1. The van der Waals surface area contributed by atoms with Crippen molar-refractivity contribution in [3.05, 3.63) is 22.8 Å². The first-order valence-corrected chi connectivity index (χ1v) is 8.18. The van der Waals surface area contributed by atoms with E-state index >= 15 is 0 Å². The highest BCUT2D eigenvalue weighted by Gasteiger charge is 2.30. The van der Waals surface area contributed by atoms with Crippen molar-refractivity contribution in [2.24, 2.45) is 0 Å². The van der Waals surface area contributed by atoms with Crippen molar-refractivity contribution in [2.45, 2.75) is 45.9 Å². The molecule has 0 unspecified atom stereocenters. The van der Waals surface area contributed by atoms with Crippen LogP contribution in [0.4, 0.5) is 4.79 Å². The van der Waals surface area contributed by atoms with Gasteiger partial charge in [0.1, 0.15) is 17.1 Å². The Bertz CT molecular complexity index is 608. The highest BCUT2D eigenvalue weighted by Crippen LogP contribution is 2.38. The van der Waals surface area contributed by atoms with Crippen molar-refractivity contribution in [1.29, 1.82) is 0 Å². The summed E-state index contributed by atoms with van der Waals surface area (Å²) in [6.07, 6.45) is 0.416. The van der Waals surface area contributed by atoms with Crippen LogP contribution in [0.15, 0.2) is 6.07 Å². The SMILES string of the molecule is CNCc1cc(OC)c2c(c1OC)CCN(C(=O)OC(C)(C)C)C2. The van der Waals surface area contributed by atoms with Crippen LogP contribution in [-0.2, 0) is 24.2 Å². The summed E-state index contributed by atoms with van der Waals surface area (Å²) in [5, 5.41) is 3.15. The Hall–Kier alpha value is -1.95. The highest BCUT2D eigenvalue weighted by atomic mass is 16.6. The topological polar surface area (TPSA) is 60.0 Å². The lowest BCUT2D eigenvalue weighted by atomic mass is 9.94. The third-order valence-corrected chi connectivity index (χ3v) is 3.96. The van der Waals surface area contributed by atoms with Crippen LogP contribution < -0.4 is 14.8 Å². The van der Waals surface area contributed by atoms with Gasteiger partial charge in [0.2, 0.25) is 0 Å². The monoisotopic (exact) mass is 336 g/mol. The number of fused-ring (bicyclic) bond motifs is 1. The number of amides is 1. The van der Waals surface area contributed by atoms with Crippen LogP contribution >= 0.6 is 0 Å². The predicted molar refractivity (Wildman–Crippen MR) is 92.7 cm³/mol. The van der Waals surface area contributed by atoms with Gasteiger partial charge in [-0.2, -0.15) is 0 Å². The molecule has 1 N–H and O–H groups in total. The average Bonchev–Trinajstić information content (AvgIpc) is 2.52. The Morgan fingerprint density at radius 2 is 1.96 bits per heavy atom. The molecule has 1 aromatic carbocycles. The number of hydrogen-bond acceptors (Lipinski definition) is 5. The third-order valence-electron chi connectivity index (χ3n) is 3.96. The van der Waals surface area contributed by atoms with Gasteiger partial charge in [0, 0.05) is 29.8 Å². The predicted octanol–water partition coefficient (Wildman–Crippen LogP) is 2.72. The molecule has 6 nitrogen and oxygen atoms in total. The van der Waals surface area contributed by atoms with Gasteiger partial charge in [-0.1, -0.05) is 0 Å². The Kier molecular flexibility index (Phi) is 5.59. The molecule has 1 amide bonds. The third kappa shape index (κ3) is 3.93. The molecule has 6 heteroatoms. The molecule has 0 fully saturated rings. The fourth-order valence-corrected chi connectivity index (χ4v) is 2.99. The summed E-state index contributed by atoms with van der Waals surface area (Å²) >= 11 is 0. The molecule has 1 aliphatic rings. The van der Waals surface area contributed by atoms with Gasteiger partial charge in [-0.05, 0) is 40.3 Å². The molecule has 0 aliphatic carbocycles. The first kappa shape index (κ1) is 18.4. The standard InChI is InChI=1S/C18H28N2O4/c1-18(2,3)24-17(21)20-8-7-13-14(11-20)15(22-5)9-12(10-19-4)16(13)23-6/h9,19H,7-8,10-11H2,1-6H3. The molecule has 2 rings (SSSR count). The summed E-state index contributed by atoms with van der Waals surface area (Å²) in [7, 11) is 5.23. The average molecular weight is 336 g/mol. The van der Waals surface area contributed by atoms with Crippen molar-refractivity contribution >= 4 is 6.09 Å². The molecule has 1 aliphatic heterocycles. The lowest BCUT2D eigenvalue weighted by molar-refractivity contribution is 0.0221. The van der Waals surface area contributed by atoms with E-state index in [1.807, 2.05) is 33.9 Å². The van der Waals surface area contributed by atoms with Crippen molar-refractivity contribution in [2.75, 3.05) is 27.8 Å². The number of nitrogens with one attached hydrogen (secondary N) is 1. The minimum Gasteiger partial charge on any atom is -0.496 e. The van der Waals surface area contributed by atoms with E-state index < -0.39 is 5.60 Å². The molecule has 1 heterocycles. The smallest absolute Gasteiger partial charge is 0.410 e. The summed E-state index contributed by atoms with van der Waals surface area (Å²) in [5.74, 6) is 1.66. The molecule has 24 heavy (non-hydrogen) atoms. The zero-order valence-electron chi connectivity index (χ0n) is 15.5. The van der Waals surface area contributed by atoms with E-state index in [9.17, 15) is 4.79 Å². The Morgan fingerprint density at radius 1 is 1.25 bits per heavy atom. The second-order valence-corrected chi connectivity index (χ2v) is 6.91. The quantitative estimate of drug-likeness (QED) is 0.916. The van der Waals surface area contributed by atoms with E-state index in [0.717, 1.165) is 28.2 Å². The van der Waals surface area contributed by atoms with Gasteiger partial charge in [-0.15, -0.1) is 0 Å². The number of benzene rings is 1. The molecule has 0 aromatic heterocycles. The van der Waals surface area contributed by atoms with Crippen LogP contribution in [0.3, 0.4) is 0 Å². The second-order valence-electron chi connectivity index (χ2n) is 6.91. The molecule has 0 saturated heterocycles. The van der Waals surface area contributed by atoms with Crippen LogP contribution in [-0.4, -0.2) is 44.4 Å². The van der Waals surface area contributed by atoms with Crippen LogP contribution in [0, 0.1) is 0 Å². The van der Waals surface area contributed by atoms with Gasteiger partial charge < -0.3 is 24.4 Å². The number of ether oxygens (including phenoxy) is 3. The van der Waals surface area contributed by atoms with Crippen molar-refractivity contribution in [3.63, 3.8) is 0 Å². The fraction of sp³-hybridized carbons (Fsp3) is 0.611. The van der Waals surface area contributed by atoms with E-state index in [2.05, 4.69) is 5.32 Å². The lowest BCUT2D eigenvalue weighted by Crippen LogP contribution is -2.40. The molecule has 134 valence electrons. The fourth-order valence-electron chi connectivity index (χ4n) is 2.99. The lowest BCUT2D eigenvalue weighted by Gasteiger charge is -2.33. The summed E-state index contributed by atoms with van der Waals surface area (Å²) in [5.41, 5.74) is 2.66. The number of hydrogen-bond donors (Lipinski definition) is 1. The maximum atomic E-state index is 12.4. The molecule has 1 aromatic rings. The Morgan fingerprint density at radius 3 is 2.50 bits per heavy atom. The van der Waals surface area contributed by atoms with Crippen LogP contribution in [0.1, 0.15) is 37.5 Å². The maximum absolute atomic E-state index is 12.4. The number of rotatable bonds is 4. The van der Waals surface area contributed by atoms with E-state index in [-0.39, 0.29) is 6.09 Å². The first-order valence-electron chi connectivity index (χ1n) is 8.18. The molecular weight excluding hydrogens is 308 g/mol. The Labute approximate surface area is 144 Å². The normalized spacial score (nSPS) is 14.2. The summed E-state index contributed by atoms with van der Waals surface area (Å²) in [6.45, 7) is 7.37. The number of methoxy groups -OCH3 is 2. The molecule has 0 saturated carbocycles. The van der Waals surface area contributed by atoms with Crippen LogP contribution in [0.5, 0.6) is 11.5 Å². The summed E-state index contributed by atoms with van der Waals surface area (Å²) in [6, 6.07) is 1.98. The van der Waals surface area contributed by atoms with E-state index in [4.69, 9.17) is 14.2 Å². The molecule has 0 bridgehead atoms. The maximum Gasteiger partial charge on any atom is 0.410 e. The number of nitrogens with zero attached hydrogens (tertiary/aromatic N) is 1. The first-order chi connectivity index (χ1) is 11.3. The van der Waals surface area contributed by atoms with Gasteiger partial charge in [-0.25, -0.2) is 4.79 Å². The largest absolute Gasteiger partial charge is 0.496 e. The zero-order chi connectivity index (χ0) is 17.9. The van der Waals surface area contributed by atoms with Gasteiger partial charge in [0.25, 0.3) is 0 Å². The van der Waals surface area contributed by atoms with Gasteiger partial charge in [0.05, 0.1) is 20.8 Å². The van der Waals surface area contributed by atoms with Crippen LogP contribution in [0.25, 0.3) is 0 Å². The van der Waals surface area contributed by atoms with Crippen molar-refractivity contribution < 1.29 is 19.0 Å². The minimum atomic E-state index is -0.504. The zero-order valence-corrected chi connectivity index (χ0v) is 15.5. The van der Waals surface area contributed by atoms with Crippen molar-refractivity contribution in [1.82, 2.24) is 10.2 Å². The van der Waals surface area contributed by atoms with Gasteiger partial charge in [0.15, 0.2) is 0 Å². The highest BCUT2D eigenvalue weighted by molar-refractivity contribution is 5.69. The van der Waals surface area contributed by atoms with E-state index in [1.165, 1.54) is 0 Å². The number of carbonyl (C=O) groups excluding carboxylic acids is 1. The molecular formula is C18H28N2O4.